The molecule has 1 N–H and O–H groups in total. The van der Waals surface area contributed by atoms with Crippen molar-refractivity contribution in [3.63, 3.8) is 0 Å². The molecule has 1 saturated heterocycles. The predicted molar refractivity (Wildman–Crippen MR) is 102 cm³/mol. The van der Waals surface area contributed by atoms with Gasteiger partial charge in [0, 0.05) is 36.9 Å². The van der Waals surface area contributed by atoms with E-state index in [2.05, 4.69) is 33.1 Å². The molecule has 134 valence electrons. The van der Waals surface area contributed by atoms with Crippen molar-refractivity contribution in [3.8, 4) is 10.7 Å². The molecular formula is C19H20N4O2S. The number of amides is 2. The number of likely N-dealkylation sites (N-methyl/N-ethyl adjacent to an activating group) is 1. The topological polar surface area (TPSA) is 67.2 Å². The van der Waals surface area contributed by atoms with E-state index in [-0.39, 0.29) is 11.8 Å². The van der Waals surface area contributed by atoms with Gasteiger partial charge in [-0.15, -0.1) is 11.3 Å². The van der Waals surface area contributed by atoms with Crippen molar-refractivity contribution in [1.82, 2.24) is 19.8 Å². The molecule has 3 aromatic rings. The lowest BCUT2D eigenvalue weighted by Crippen LogP contribution is -2.45. The van der Waals surface area contributed by atoms with E-state index in [9.17, 15) is 9.59 Å². The number of para-hydroxylation sites is 1. The number of aromatic nitrogens is 2. The highest BCUT2D eigenvalue weighted by Gasteiger charge is 2.35. The molecule has 2 amide bonds. The van der Waals surface area contributed by atoms with Crippen molar-refractivity contribution in [2.75, 3.05) is 13.6 Å². The molecule has 1 atom stereocenters. The maximum atomic E-state index is 12.9. The number of fused-ring (bicyclic) bond motifs is 1. The highest BCUT2D eigenvalue weighted by Crippen LogP contribution is 2.30. The number of nitrogens with zero attached hydrogens (tertiary/aromatic N) is 3. The van der Waals surface area contributed by atoms with E-state index in [1.807, 2.05) is 19.2 Å². The zero-order valence-electron chi connectivity index (χ0n) is 14.7. The number of thiazole rings is 1. The van der Waals surface area contributed by atoms with Gasteiger partial charge in [-0.25, -0.2) is 4.98 Å². The Morgan fingerprint density at radius 3 is 2.88 bits per heavy atom. The minimum Gasteiger partial charge on any atom is -0.357 e. The summed E-state index contributed by atoms with van der Waals surface area (Å²) in [5.41, 5.74) is 2.52. The Bertz CT molecular complexity index is 991. The molecule has 3 heterocycles. The van der Waals surface area contributed by atoms with Gasteiger partial charge in [-0.05, 0) is 25.0 Å². The van der Waals surface area contributed by atoms with Gasteiger partial charge < -0.3 is 14.8 Å². The second kappa shape index (κ2) is 6.57. The van der Waals surface area contributed by atoms with Crippen LogP contribution in [-0.4, -0.2) is 45.9 Å². The van der Waals surface area contributed by atoms with Crippen LogP contribution >= 0.6 is 11.3 Å². The molecular weight excluding hydrogens is 348 g/mol. The van der Waals surface area contributed by atoms with Gasteiger partial charge in [0.2, 0.25) is 5.91 Å². The van der Waals surface area contributed by atoms with Gasteiger partial charge in [-0.2, -0.15) is 0 Å². The molecule has 0 spiro atoms. The maximum absolute atomic E-state index is 12.9. The van der Waals surface area contributed by atoms with E-state index in [0.29, 0.717) is 18.7 Å². The van der Waals surface area contributed by atoms with Crippen molar-refractivity contribution in [3.05, 3.63) is 41.4 Å². The molecule has 1 fully saturated rings. The van der Waals surface area contributed by atoms with Crippen LogP contribution in [0, 0.1) is 0 Å². The number of benzene rings is 1. The number of carbonyl (C=O) groups is 2. The smallest absolute Gasteiger partial charge is 0.274 e. The minimum absolute atomic E-state index is 0.111. The van der Waals surface area contributed by atoms with Crippen molar-refractivity contribution in [2.45, 2.75) is 18.9 Å². The SMILES string of the molecule is CNC(=O)C1CCCN1C(=O)c1csc(-c2cc3ccccc3n2C)n1. The van der Waals surface area contributed by atoms with Gasteiger partial charge in [-0.1, -0.05) is 18.2 Å². The lowest BCUT2D eigenvalue weighted by molar-refractivity contribution is -0.124. The van der Waals surface area contributed by atoms with Crippen LogP contribution in [0.3, 0.4) is 0 Å². The Morgan fingerprint density at radius 1 is 1.31 bits per heavy atom. The Morgan fingerprint density at radius 2 is 2.12 bits per heavy atom. The Balaban J connectivity index is 1.64. The van der Waals surface area contributed by atoms with Crippen molar-refractivity contribution >= 4 is 34.1 Å². The summed E-state index contributed by atoms with van der Waals surface area (Å²) in [7, 11) is 3.60. The molecule has 26 heavy (non-hydrogen) atoms. The summed E-state index contributed by atoms with van der Waals surface area (Å²) >= 11 is 1.45. The fourth-order valence-electron chi connectivity index (χ4n) is 3.58. The zero-order valence-corrected chi connectivity index (χ0v) is 15.5. The Hall–Kier alpha value is -2.67. The number of aryl methyl sites for hydroxylation is 1. The third-order valence-electron chi connectivity index (χ3n) is 4.96. The van der Waals surface area contributed by atoms with Crippen LogP contribution in [0.15, 0.2) is 35.7 Å². The summed E-state index contributed by atoms with van der Waals surface area (Å²) in [6, 6.07) is 9.85. The maximum Gasteiger partial charge on any atom is 0.274 e. The van der Waals surface area contributed by atoms with Crippen LogP contribution < -0.4 is 5.32 Å². The van der Waals surface area contributed by atoms with Crippen molar-refractivity contribution < 1.29 is 9.59 Å². The molecule has 0 saturated carbocycles. The molecule has 4 rings (SSSR count). The van der Waals surface area contributed by atoms with Gasteiger partial charge in [0.15, 0.2) is 0 Å². The Labute approximate surface area is 155 Å². The average molecular weight is 368 g/mol. The summed E-state index contributed by atoms with van der Waals surface area (Å²) in [6.45, 7) is 0.595. The first-order valence-electron chi connectivity index (χ1n) is 8.63. The first kappa shape index (κ1) is 16.8. The standard InChI is InChI=1S/C19H20N4O2S/c1-20-17(24)15-8-5-9-23(15)19(25)13-11-26-18(21-13)16-10-12-6-3-4-7-14(12)22(16)2/h3-4,6-7,10-11,15H,5,8-9H2,1-2H3,(H,20,24). The third kappa shape index (κ3) is 2.68. The molecule has 1 unspecified atom stereocenters. The van der Waals surface area contributed by atoms with Gasteiger partial charge in [0.1, 0.15) is 16.7 Å². The van der Waals surface area contributed by atoms with Crippen LogP contribution in [0.1, 0.15) is 23.3 Å². The normalized spacial score (nSPS) is 17.0. The van der Waals surface area contributed by atoms with Crippen LogP contribution in [-0.2, 0) is 11.8 Å². The summed E-state index contributed by atoms with van der Waals surface area (Å²) in [6.07, 6.45) is 1.54. The summed E-state index contributed by atoms with van der Waals surface area (Å²) in [4.78, 5) is 31.1. The third-order valence-corrected chi connectivity index (χ3v) is 5.82. The highest BCUT2D eigenvalue weighted by atomic mass is 32.1. The monoisotopic (exact) mass is 368 g/mol. The van der Waals surface area contributed by atoms with E-state index in [1.54, 1.807) is 17.3 Å². The lowest BCUT2D eigenvalue weighted by Gasteiger charge is -2.22. The Kier molecular flexibility index (Phi) is 4.24. The minimum atomic E-state index is -0.393. The number of carbonyl (C=O) groups excluding carboxylic acids is 2. The molecule has 1 aliphatic heterocycles. The van der Waals surface area contributed by atoms with E-state index in [4.69, 9.17) is 0 Å². The second-order valence-electron chi connectivity index (χ2n) is 6.46. The van der Waals surface area contributed by atoms with Crippen LogP contribution in [0.2, 0.25) is 0 Å². The summed E-state index contributed by atoms with van der Waals surface area (Å²) in [5.74, 6) is -0.280. The molecule has 6 nitrogen and oxygen atoms in total. The van der Waals surface area contributed by atoms with E-state index in [0.717, 1.165) is 28.0 Å². The summed E-state index contributed by atoms with van der Waals surface area (Å²) in [5, 5.41) is 6.38. The first-order valence-corrected chi connectivity index (χ1v) is 9.51. The molecule has 1 aromatic carbocycles. The number of nitrogens with one attached hydrogen (secondary N) is 1. The molecule has 2 aromatic heterocycles. The zero-order chi connectivity index (χ0) is 18.3. The van der Waals surface area contributed by atoms with Crippen LogP contribution in [0.5, 0.6) is 0 Å². The number of hydrogen-bond acceptors (Lipinski definition) is 4. The van der Waals surface area contributed by atoms with Crippen molar-refractivity contribution in [1.29, 1.82) is 0 Å². The van der Waals surface area contributed by atoms with E-state index >= 15 is 0 Å². The van der Waals surface area contributed by atoms with E-state index < -0.39 is 6.04 Å². The molecule has 7 heteroatoms. The van der Waals surface area contributed by atoms with Gasteiger partial charge in [-0.3, -0.25) is 9.59 Å². The second-order valence-corrected chi connectivity index (χ2v) is 7.31. The number of hydrogen-bond donors (Lipinski definition) is 1. The first-order chi connectivity index (χ1) is 12.6. The van der Waals surface area contributed by atoms with Gasteiger partial charge in [0.25, 0.3) is 5.91 Å². The van der Waals surface area contributed by atoms with Crippen LogP contribution in [0.25, 0.3) is 21.6 Å². The molecule has 0 aliphatic carbocycles. The summed E-state index contributed by atoms with van der Waals surface area (Å²) < 4.78 is 2.09. The van der Waals surface area contributed by atoms with E-state index in [1.165, 1.54) is 11.3 Å². The lowest BCUT2D eigenvalue weighted by atomic mass is 10.2. The van der Waals surface area contributed by atoms with Gasteiger partial charge in [0.05, 0.1) is 5.69 Å². The fourth-order valence-corrected chi connectivity index (χ4v) is 4.42. The predicted octanol–water partition coefficient (Wildman–Crippen LogP) is 2.65. The molecule has 0 bridgehead atoms. The number of likely N-dealkylation sites (tertiary alicyclic amines) is 1. The number of rotatable bonds is 3. The molecule has 1 aliphatic rings. The quantitative estimate of drug-likeness (QED) is 0.773. The average Bonchev–Trinajstić information content (AvgIpc) is 3.39. The fraction of sp³-hybridized carbons (Fsp3) is 0.316. The molecule has 0 radical (unpaired) electrons. The van der Waals surface area contributed by atoms with Gasteiger partial charge >= 0.3 is 0 Å². The van der Waals surface area contributed by atoms with Crippen molar-refractivity contribution in [2.24, 2.45) is 7.05 Å². The largest absolute Gasteiger partial charge is 0.357 e. The highest BCUT2D eigenvalue weighted by molar-refractivity contribution is 7.13. The van der Waals surface area contributed by atoms with Crippen LogP contribution in [0.4, 0.5) is 0 Å².